The van der Waals surface area contributed by atoms with Crippen LogP contribution in [0, 0.1) is 0 Å². The van der Waals surface area contributed by atoms with Crippen molar-refractivity contribution in [1.29, 1.82) is 0 Å². The minimum atomic E-state index is -1.06. The lowest BCUT2D eigenvalue weighted by atomic mass is 10.1. The first-order valence-electron chi connectivity index (χ1n) is 7.73. The maximum atomic E-state index is 12.4. The van der Waals surface area contributed by atoms with Crippen molar-refractivity contribution in [2.75, 3.05) is 19.6 Å². The fourth-order valence-corrected chi connectivity index (χ4v) is 2.25. The molecule has 1 N–H and O–H groups in total. The molecule has 0 fully saturated rings. The van der Waals surface area contributed by atoms with E-state index in [4.69, 9.17) is 5.11 Å². The van der Waals surface area contributed by atoms with Crippen molar-refractivity contribution >= 4 is 17.8 Å². The van der Waals surface area contributed by atoms with Crippen molar-refractivity contribution in [2.45, 2.75) is 33.7 Å². The zero-order valence-electron chi connectivity index (χ0n) is 14.1. The van der Waals surface area contributed by atoms with Crippen LogP contribution in [0.5, 0.6) is 0 Å². The zero-order chi connectivity index (χ0) is 17.6. The molecule has 0 radical (unpaired) electrons. The van der Waals surface area contributed by atoms with E-state index in [9.17, 15) is 14.4 Å². The molecule has 6 heteroatoms. The summed E-state index contributed by atoms with van der Waals surface area (Å²) in [6.45, 7) is 8.23. The van der Waals surface area contributed by atoms with E-state index in [2.05, 4.69) is 0 Å². The first-order valence-corrected chi connectivity index (χ1v) is 7.73. The van der Waals surface area contributed by atoms with Crippen molar-refractivity contribution in [2.24, 2.45) is 0 Å². The summed E-state index contributed by atoms with van der Waals surface area (Å²) >= 11 is 0. The van der Waals surface area contributed by atoms with Gasteiger partial charge in [0.2, 0.25) is 0 Å². The van der Waals surface area contributed by atoms with Crippen molar-refractivity contribution in [3.05, 3.63) is 35.4 Å². The highest BCUT2D eigenvalue weighted by Crippen LogP contribution is 2.12. The second-order valence-electron chi connectivity index (χ2n) is 5.48. The van der Waals surface area contributed by atoms with Crippen molar-refractivity contribution in [3.63, 3.8) is 0 Å². The molecule has 23 heavy (non-hydrogen) atoms. The maximum Gasteiger partial charge on any atom is 0.323 e. The average Bonchev–Trinajstić information content (AvgIpc) is 2.52. The predicted molar refractivity (Wildman–Crippen MR) is 87.5 cm³/mol. The van der Waals surface area contributed by atoms with Crippen LogP contribution in [-0.4, -0.2) is 58.4 Å². The number of carboxylic acids is 1. The number of nitrogens with zero attached hydrogens (tertiary/aromatic N) is 2. The van der Waals surface area contributed by atoms with Gasteiger partial charge in [-0.3, -0.25) is 14.4 Å². The van der Waals surface area contributed by atoms with Gasteiger partial charge in [0.15, 0.2) is 0 Å². The van der Waals surface area contributed by atoms with Crippen LogP contribution in [0.15, 0.2) is 24.3 Å². The van der Waals surface area contributed by atoms with E-state index < -0.39 is 5.97 Å². The first kappa shape index (κ1) is 18.7. The highest BCUT2D eigenvalue weighted by atomic mass is 16.4. The summed E-state index contributed by atoms with van der Waals surface area (Å²) in [6.07, 6.45) is 0. The van der Waals surface area contributed by atoms with E-state index in [0.29, 0.717) is 24.2 Å². The van der Waals surface area contributed by atoms with Crippen LogP contribution in [0.1, 0.15) is 48.4 Å². The fraction of sp³-hybridized carbons (Fsp3) is 0.471. The standard InChI is InChI=1S/C17H24N2O4/c1-5-18(6-2)16(22)13-7-9-14(10-8-13)17(23)19(12(3)4)11-15(20)21/h7-10,12H,5-6,11H2,1-4H3,(H,20,21). The molecule has 0 aliphatic heterocycles. The lowest BCUT2D eigenvalue weighted by Gasteiger charge is -2.25. The Morgan fingerprint density at radius 3 is 1.74 bits per heavy atom. The largest absolute Gasteiger partial charge is 0.480 e. The Labute approximate surface area is 136 Å². The number of carboxylic acid groups (broad SMARTS) is 1. The molecule has 2 amide bonds. The summed E-state index contributed by atoms with van der Waals surface area (Å²) in [5.41, 5.74) is 0.885. The van der Waals surface area contributed by atoms with Gasteiger partial charge in [0.1, 0.15) is 6.54 Å². The highest BCUT2D eigenvalue weighted by molar-refractivity contribution is 5.98. The van der Waals surface area contributed by atoms with Crippen LogP contribution in [0.25, 0.3) is 0 Å². The topological polar surface area (TPSA) is 77.9 Å². The van der Waals surface area contributed by atoms with Gasteiger partial charge >= 0.3 is 5.97 Å². The van der Waals surface area contributed by atoms with E-state index >= 15 is 0 Å². The molecule has 0 spiro atoms. The third kappa shape index (κ3) is 4.81. The molecule has 0 saturated carbocycles. The Morgan fingerprint density at radius 2 is 1.39 bits per heavy atom. The second kappa shape index (κ2) is 8.31. The molecular weight excluding hydrogens is 296 g/mol. The smallest absolute Gasteiger partial charge is 0.323 e. The Kier molecular flexibility index (Phi) is 6.75. The predicted octanol–water partition coefficient (Wildman–Crippen LogP) is 2.10. The minimum absolute atomic E-state index is 0.0831. The van der Waals surface area contributed by atoms with Crippen LogP contribution in [0.3, 0.4) is 0 Å². The van der Waals surface area contributed by atoms with Crippen molar-refractivity contribution < 1.29 is 19.5 Å². The van der Waals surface area contributed by atoms with E-state index in [-0.39, 0.29) is 24.4 Å². The van der Waals surface area contributed by atoms with Gasteiger partial charge in [-0.05, 0) is 52.0 Å². The second-order valence-corrected chi connectivity index (χ2v) is 5.48. The molecule has 0 aromatic heterocycles. The van der Waals surface area contributed by atoms with Gasteiger partial charge in [-0.15, -0.1) is 0 Å². The third-order valence-electron chi connectivity index (χ3n) is 3.62. The van der Waals surface area contributed by atoms with E-state index in [0.717, 1.165) is 0 Å². The molecule has 0 aliphatic rings. The lowest BCUT2D eigenvalue weighted by molar-refractivity contribution is -0.138. The van der Waals surface area contributed by atoms with Gasteiger partial charge in [0.25, 0.3) is 11.8 Å². The van der Waals surface area contributed by atoms with Crippen molar-refractivity contribution in [3.8, 4) is 0 Å². The summed E-state index contributed by atoms with van der Waals surface area (Å²) in [4.78, 5) is 38.5. The van der Waals surface area contributed by atoms with E-state index in [1.807, 2.05) is 13.8 Å². The average molecular weight is 320 g/mol. The molecule has 0 atom stereocenters. The van der Waals surface area contributed by atoms with Crippen LogP contribution in [-0.2, 0) is 4.79 Å². The molecule has 0 bridgehead atoms. The summed E-state index contributed by atoms with van der Waals surface area (Å²) in [5.74, 6) is -1.50. The molecule has 6 nitrogen and oxygen atoms in total. The monoisotopic (exact) mass is 320 g/mol. The van der Waals surface area contributed by atoms with Gasteiger partial charge < -0.3 is 14.9 Å². The number of hydrogen-bond donors (Lipinski definition) is 1. The Bertz CT molecular complexity index is 562. The van der Waals surface area contributed by atoms with Crippen molar-refractivity contribution in [1.82, 2.24) is 9.80 Å². The molecule has 0 unspecified atom stereocenters. The molecule has 126 valence electrons. The van der Waals surface area contributed by atoms with Gasteiger partial charge in [-0.25, -0.2) is 0 Å². The fourth-order valence-electron chi connectivity index (χ4n) is 2.25. The van der Waals surface area contributed by atoms with Gasteiger partial charge in [-0.2, -0.15) is 0 Å². The van der Waals surface area contributed by atoms with Crippen LogP contribution >= 0.6 is 0 Å². The minimum Gasteiger partial charge on any atom is -0.480 e. The Balaban J connectivity index is 2.96. The number of amides is 2. The van der Waals surface area contributed by atoms with Gasteiger partial charge in [0, 0.05) is 30.3 Å². The lowest BCUT2D eigenvalue weighted by Crippen LogP contribution is -2.40. The normalized spacial score (nSPS) is 10.5. The number of carbonyl (C=O) groups is 3. The highest BCUT2D eigenvalue weighted by Gasteiger charge is 2.21. The van der Waals surface area contributed by atoms with Crippen LogP contribution < -0.4 is 0 Å². The van der Waals surface area contributed by atoms with Gasteiger partial charge in [0.05, 0.1) is 0 Å². The molecule has 1 aromatic carbocycles. The third-order valence-corrected chi connectivity index (χ3v) is 3.62. The molecule has 1 rings (SSSR count). The molecule has 1 aromatic rings. The molecule has 0 heterocycles. The van der Waals surface area contributed by atoms with Gasteiger partial charge in [-0.1, -0.05) is 0 Å². The maximum absolute atomic E-state index is 12.4. The van der Waals surface area contributed by atoms with Crippen LogP contribution in [0.2, 0.25) is 0 Å². The first-order chi connectivity index (χ1) is 10.8. The number of carbonyl (C=O) groups excluding carboxylic acids is 2. The Hall–Kier alpha value is -2.37. The number of hydrogen-bond acceptors (Lipinski definition) is 3. The SMILES string of the molecule is CCN(CC)C(=O)c1ccc(C(=O)N(CC(=O)O)C(C)C)cc1. The number of rotatable bonds is 7. The molecular formula is C17H24N2O4. The molecule has 0 saturated heterocycles. The Morgan fingerprint density at radius 1 is 0.957 bits per heavy atom. The summed E-state index contributed by atoms with van der Waals surface area (Å²) in [7, 11) is 0. The quantitative estimate of drug-likeness (QED) is 0.834. The number of benzene rings is 1. The molecule has 0 aliphatic carbocycles. The summed E-state index contributed by atoms with van der Waals surface area (Å²) in [5, 5.41) is 8.92. The number of aliphatic carboxylic acids is 1. The zero-order valence-corrected chi connectivity index (χ0v) is 14.1. The van der Waals surface area contributed by atoms with Crippen LogP contribution in [0.4, 0.5) is 0 Å². The van der Waals surface area contributed by atoms with E-state index in [1.165, 1.54) is 4.90 Å². The van der Waals surface area contributed by atoms with E-state index in [1.54, 1.807) is 43.0 Å². The summed E-state index contributed by atoms with van der Waals surface area (Å²) < 4.78 is 0. The summed E-state index contributed by atoms with van der Waals surface area (Å²) in [6, 6.07) is 6.11.